The van der Waals surface area contributed by atoms with Crippen molar-refractivity contribution in [1.29, 1.82) is 0 Å². The van der Waals surface area contributed by atoms with Crippen LogP contribution in [0.3, 0.4) is 0 Å². The molecule has 0 radical (unpaired) electrons. The van der Waals surface area contributed by atoms with Crippen LogP contribution in [0.15, 0.2) is 48.5 Å². The third-order valence-corrected chi connectivity index (χ3v) is 3.82. The van der Waals surface area contributed by atoms with Crippen molar-refractivity contribution in [3.05, 3.63) is 59.9 Å². The lowest BCUT2D eigenvalue weighted by molar-refractivity contribution is 0.628. The van der Waals surface area contributed by atoms with E-state index >= 15 is 0 Å². The van der Waals surface area contributed by atoms with Crippen molar-refractivity contribution in [3.8, 4) is 21.1 Å². The zero-order valence-electron chi connectivity index (χ0n) is 10.3. The molecule has 0 spiro atoms. The number of rotatable bonds is 2. The third kappa shape index (κ3) is 2.53. The summed E-state index contributed by atoms with van der Waals surface area (Å²) in [6.07, 6.45) is 0. The van der Waals surface area contributed by atoms with Crippen molar-refractivity contribution in [2.45, 2.75) is 6.92 Å². The third-order valence-electron chi connectivity index (χ3n) is 2.80. The maximum atomic E-state index is 13.2. The number of halogens is 1. The number of aryl methyl sites for hydroxylation is 1. The average molecular weight is 270 g/mol. The lowest BCUT2D eigenvalue weighted by atomic mass is 10.2. The quantitative estimate of drug-likeness (QED) is 0.693. The van der Waals surface area contributed by atoms with Crippen LogP contribution in [0, 0.1) is 12.7 Å². The molecule has 0 saturated carbocycles. The zero-order valence-corrected chi connectivity index (χ0v) is 11.1. The summed E-state index contributed by atoms with van der Waals surface area (Å²) in [6, 6.07) is 14.5. The molecule has 94 valence electrons. The van der Waals surface area contributed by atoms with Gasteiger partial charge in [0.1, 0.15) is 15.8 Å². The predicted octanol–water partition coefficient (Wildman–Crippen LogP) is 4.32. The Morgan fingerprint density at radius 1 is 0.895 bits per heavy atom. The Morgan fingerprint density at radius 3 is 2.26 bits per heavy atom. The Labute approximate surface area is 114 Å². The van der Waals surface area contributed by atoms with Crippen molar-refractivity contribution in [3.63, 3.8) is 0 Å². The Bertz CT molecular complexity index is 704. The molecule has 3 rings (SSSR count). The van der Waals surface area contributed by atoms with Gasteiger partial charge in [-0.1, -0.05) is 53.3 Å². The van der Waals surface area contributed by atoms with Gasteiger partial charge in [0.2, 0.25) is 0 Å². The van der Waals surface area contributed by atoms with Crippen LogP contribution in [0.5, 0.6) is 0 Å². The van der Waals surface area contributed by atoms with E-state index in [2.05, 4.69) is 10.2 Å². The summed E-state index contributed by atoms with van der Waals surface area (Å²) in [5.74, 6) is -0.260. The molecule has 0 aliphatic heterocycles. The summed E-state index contributed by atoms with van der Waals surface area (Å²) in [4.78, 5) is 0. The first-order valence-electron chi connectivity index (χ1n) is 5.89. The molecule has 2 nitrogen and oxygen atoms in total. The summed E-state index contributed by atoms with van der Waals surface area (Å²) in [7, 11) is 0. The highest BCUT2D eigenvalue weighted by molar-refractivity contribution is 7.17. The van der Waals surface area contributed by atoms with E-state index in [-0.39, 0.29) is 5.82 Å². The van der Waals surface area contributed by atoms with Crippen LogP contribution < -0.4 is 0 Å². The molecule has 3 aromatic rings. The SMILES string of the molecule is Cc1ccc(-c2nnc(-c3cccc(F)c3)s2)cc1. The normalized spacial score (nSPS) is 10.6. The number of hydrogen-bond donors (Lipinski definition) is 0. The maximum Gasteiger partial charge on any atom is 0.148 e. The maximum absolute atomic E-state index is 13.2. The summed E-state index contributed by atoms with van der Waals surface area (Å²) < 4.78 is 13.2. The molecule has 1 heterocycles. The second kappa shape index (κ2) is 4.90. The van der Waals surface area contributed by atoms with Crippen LogP contribution in [0.1, 0.15) is 5.56 Å². The minimum absolute atomic E-state index is 0.260. The molecule has 0 aliphatic carbocycles. The number of aromatic nitrogens is 2. The topological polar surface area (TPSA) is 25.8 Å². The molecular formula is C15H11FN2S. The highest BCUT2D eigenvalue weighted by atomic mass is 32.1. The van der Waals surface area contributed by atoms with Crippen LogP contribution in [-0.2, 0) is 0 Å². The fourth-order valence-electron chi connectivity index (χ4n) is 1.77. The molecule has 0 amide bonds. The second-order valence-electron chi connectivity index (χ2n) is 4.29. The molecule has 0 N–H and O–H groups in total. The zero-order chi connectivity index (χ0) is 13.2. The fourth-order valence-corrected chi connectivity index (χ4v) is 2.62. The summed E-state index contributed by atoms with van der Waals surface area (Å²) >= 11 is 1.46. The van der Waals surface area contributed by atoms with E-state index in [1.807, 2.05) is 37.3 Å². The van der Waals surface area contributed by atoms with Crippen LogP contribution in [0.2, 0.25) is 0 Å². The minimum atomic E-state index is -0.260. The lowest BCUT2D eigenvalue weighted by Crippen LogP contribution is -1.79. The van der Waals surface area contributed by atoms with Gasteiger partial charge < -0.3 is 0 Å². The number of benzene rings is 2. The van der Waals surface area contributed by atoms with Gasteiger partial charge in [-0.15, -0.1) is 10.2 Å². The van der Waals surface area contributed by atoms with Gasteiger partial charge in [0.05, 0.1) is 0 Å². The molecule has 0 bridgehead atoms. The van der Waals surface area contributed by atoms with Crippen LogP contribution in [0.25, 0.3) is 21.1 Å². The molecule has 2 aromatic carbocycles. The van der Waals surface area contributed by atoms with Gasteiger partial charge in [-0.3, -0.25) is 0 Å². The Morgan fingerprint density at radius 2 is 1.58 bits per heavy atom. The molecule has 1 aromatic heterocycles. The van der Waals surface area contributed by atoms with E-state index in [0.717, 1.165) is 21.1 Å². The first kappa shape index (κ1) is 12.0. The van der Waals surface area contributed by atoms with Crippen molar-refractivity contribution in [1.82, 2.24) is 10.2 Å². The summed E-state index contributed by atoms with van der Waals surface area (Å²) in [5, 5.41) is 9.87. The average Bonchev–Trinajstić information content (AvgIpc) is 2.89. The predicted molar refractivity (Wildman–Crippen MR) is 75.5 cm³/mol. The molecule has 19 heavy (non-hydrogen) atoms. The van der Waals surface area contributed by atoms with Crippen molar-refractivity contribution >= 4 is 11.3 Å². The van der Waals surface area contributed by atoms with Gasteiger partial charge >= 0.3 is 0 Å². The van der Waals surface area contributed by atoms with Crippen LogP contribution in [-0.4, -0.2) is 10.2 Å². The summed E-state index contributed by atoms with van der Waals surface area (Å²) in [5.41, 5.74) is 3.00. The smallest absolute Gasteiger partial charge is 0.148 e. The Kier molecular flexibility index (Phi) is 3.09. The highest BCUT2D eigenvalue weighted by Gasteiger charge is 2.08. The molecule has 4 heteroatoms. The lowest BCUT2D eigenvalue weighted by Gasteiger charge is -1.96. The Hall–Kier alpha value is -2.07. The first-order valence-corrected chi connectivity index (χ1v) is 6.70. The van der Waals surface area contributed by atoms with Crippen molar-refractivity contribution in [2.24, 2.45) is 0 Å². The van der Waals surface area contributed by atoms with Crippen molar-refractivity contribution in [2.75, 3.05) is 0 Å². The van der Waals surface area contributed by atoms with Gasteiger partial charge in [-0.25, -0.2) is 4.39 Å². The molecule has 0 saturated heterocycles. The van der Waals surface area contributed by atoms with E-state index in [1.54, 1.807) is 6.07 Å². The number of hydrogen-bond acceptors (Lipinski definition) is 3. The standard InChI is InChI=1S/C15H11FN2S/c1-10-5-7-11(8-6-10)14-17-18-15(19-14)12-3-2-4-13(16)9-12/h2-9H,1H3. The highest BCUT2D eigenvalue weighted by Crippen LogP contribution is 2.30. The van der Waals surface area contributed by atoms with Gasteiger partial charge in [0.15, 0.2) is 0 Å². The van der Waals surface area contributed by atoms with Gasteiger partial charge in [0.25, 0.3) is 0 Å². The molecule has 0 atom stereocenters. The number of nitrogens with zero attached hydrogens (tertiary/aromatic N) is 2. The van der Waals surface area contributed by atoms with E-state index in [9.17, 15) is 4.39 Å². The van der Waals surface area contributed by atoms with Gasteiger partial charge in [0, 0.05) is 11.1 Å². The molecular weight excluding hydrogens is 259 g/mol. The second-order valence-corrected chi connectivity index (χ2v) is 5.27. The molecule has 0 fully saturated rings. The van der Waals surface area contributed by atoms with E-state index < -0.39 is 0 Å². The monoisotopic (exact) mass is 270 g/mol. The summed E-state index contributed by atoms with van der Waals surface area (Å²) in [6.45, 7) is 2.04. The van der Waals surface area contributed by atoms with E-state index in [1.165, 1.54) is 29.0 Å². The van der Waals surface area contributed by atoms with Crippen molar-refractivity contribution < 1.29 is 4.39 Å². The fraction of sp³-hybridized carbons (Fsp3) is 0.0667. The molecule has 0 unspecified atom stereocenters. The minimum Gasteiger partial charge on any atom is -0.207 e. The van der Waals surface area contributed by atoms with Crippen LogP contribution >= 0.6 is 11.3 Å². The van der Waals surface area contributed by atoms with Crippen LogP contribution in [0.4, 0.5) is 4.39 Å². The van der Waals surface area contributed by atoms with Gasteiger partial charge in [-0.2, -0.15) is 0 Å². The van der Waals surface area contributed by atoms with E-state index in [0.29, 0.717) is 0 Å². The Balaban J connectivity index is 1.97. The van der Waals surface area contributed by atoms with Gasteiger partial charge in [-0.05, 0) is 19.1 Å². The first-order chi connectivity index (χ1) is 9.22. The largest absolute Gasteiger partial charge is 0.207 e. The van der Waals surface area contributed by atoms with E-state index in [4.69, 9.17) is 0 Å². The molecule has 0 aliphatic rings.